The van der Waals surface area contributed by atoms with E-state index < -0.39 is 5.60 Å². The molecule has 0 aliphatic heterocycles. The number of rotatable bonds is 5. The first kappa shape index (κ1) is 14.1. The van der Waals surface area contributed by atoms with Gasteiger partial charge in [-0.05, 0) is 57.6 Å². The van der Waals surface area contributed by atoms with E-state index in [0.717, 1.165) is 25.7 Å². The summed E-state index contributed by atoms with van der Waals surface area (Å²) in [6.07, 6.45) is 6.94. The average molecular weight is 264 g/mol. The lowest BCUT2D eigenvalue weighted by Gasteiger charge is -2.24. The molecule has 0 radical (unpaired) electrons. The van der Waals surface area contributed by atoms with Crippen LogP contribution in [0.1, 0.15) is 44.7 Å². The van der Waals surface area contributed by atoms with Gasteiger partial charge in [0.1, 0.15) is 5.60 Å². The van der Waals surface area contributed by atoms with Crippen molar-refractivity contribution in [3.63, 3.8) is 0 Å². The summed E-state index contributed by atoms with van der Waals surface area (Å²) in [6, 6.07) is 4.21. The fraction of sp³-hybridized carbons (Fsp3) is 0.667. The lowest BCUT2D eigenvalue weighted by atomic mass is 10.0. The van der Waals surface area contributed by atoms with Crippen molar-refractivity contribution in [1.82, 2.24) is 9.88 Å². The molecule has 1 amide bonds. The number of aliphatic hydroxyl groups is 1. The Morgan fingerprint density at radius 1 is 1.53 bits per heavy atom. The van der Waals surface area contributed by atoms with Crippen LogP contribution in [0.5, 0.6) is 0 Å². The maximum atomic E-state index is 12.0. The van der Waals surface area contributed by atoms with Crippen molar-refractivity contribution in [1.29, 1.82) is 0 Å². The second kappa shape index (κ2) is 5.78. The van der Waals surface area contributed by atoms with Gasteiger partial charge in [-0.2, -0.15) is 0 Å². The van der Waals surface area contributed by atoms with Gasteiger partial charge in [0.15, 0.2) is 0 Å². The normalized spacial score (nSPS) is 19.3. The van der Waals surface area contributed by atoms with Gasteiger partial charge < -0.3 is 15.0 Å². The number of amides is 1. The molecule has 2 N–H and O–H groups in total. The summed E-state index contributed by atoms with van der Waals surface area (Å²) < 4.78 is 2.10. The van der Waals surface area contributed by atoms with Crippen molar-refractivity contribution < 1.29 is 9.90 Å². The molecule has 1 saturated carbocycles. The molecule has 19 heavy (non-hydrogen) atoms. The lowest BCUT2D eigenvalue weighted by Crippen LogP contribution is -2.48. The van der Waals surface area contributed by atoms with Crippen LogP contribution in [0, 0.1) is 0 Å². The summed E-state index contributed by atoms with van der Waals surface area (Å²) in [6.45, 7) is 2.00. The molecule has 1 atom stereocenters. The van der Waals surface area contributed by atoms with Gasteiger partial charge >= 0.3 is 0 Å². The van der Waals surface area contributed by atoms with Gasteiger partial charge in [0.25, 0.3) is 5.91 Å². The molecule has 1 aromatic heterocycles. The summed E-state index contributed by atoms with van der Waals surface area (Å²) in [5.41, 5.74) is 0.153. The monoisotopic (exact) mass is 264 g/mol. The Balaban J connectivity index is 1.79. The molecule has 106 valence electrons. The van der Waals surface area contributed by atoms with Gasteiger partial charge in [-0.1, -0.05) is 0 Å². The van der Waals surface area contributed by atoms with Crippen molar-refractivity contribution in [3.05, 3.63) is 24.0 Å². The van der Waals surface area contributed by atoms with Crippen molar-refractivity contribution in [2.75, 3.05) is 0 Å². The maximum Gasteiger partial charge on any atom is 0.252 e. The zero-order chi connectivity index (χ0) is 13.9. The standard InChI is InChI=1S/C15H24N2O2/c1-12(7-8-13-6-5-11-17(13)2)16-14(18)15(19)9-3-4-10-15/h5-6,11-12,19H,3-4,7-10H2,1-2H3,(H,16,18). The topological polar surface area (TPSA) is 54.3 Å². The number of carbonyl (C=O) groups is 1. The summed E-state index contributed by atoms with van der Waals surface area (Å²) in [5, 5.41) is 13.1. The zero-order valence-electron chi connectivity index (χ0n) is 11.9. The van der Waals surface area contributed by atoms with Crippen LogP contribution in [0.3, 0.4) is 0 Å². The third-order valence-corrected chi connectivity index (χ3v) is 4.12. The molecule has 1 fully saturated rings. The van der Waals surface area contributed by atoms with Gasteiger partial charge in [-0.3, -0.25) is 4.79 Å². The first-order valence-corrected chi connectivity index (χ1v) is 7.15. The zero-order valence-corrected chi connectivity index (χ0v) is 11.9. The van der Waals surface area contributed by atoms with Crippen molar-refractivity contribution in [2.24, 2.45) is 7.05 Å². The van der Waals surface area contributed by atoms with E-state index in [1.165, 1.54) is 5.69 Å². The van der Waals surface area contributed by atoms with Crippen LogP contribution >= 0.6 is 0 Å². The highest BCUT2D eigenvalue weighted by Crippen LogP contribution is 2.29. The van der Waals surface area contributed by atoms with Crippen LogP contribution in [0.4, 0.5) is 0 Å². The van der Waals surface area contributed by atoms with Gasteiger partial charge in [-0.25, -0.2) is 0 Å². The molecular weight excluding hydrogens is 240 g/mol. The van der Waals surface area contributed by atoms with Gasteiger partial charge in [0.2, 0.25) is 0 Å². The summed E-state index contributed by atoms with van der Waals surface area (Å²) in [5.74, 6) is -0.190. The van der Waals surface area contributed by atoms with Crippen LogP contribution in [-0.2, 0) is 18.3 Å². The number of hydrogen-bond acceptors (Lipinski definition) is 2. The van der Waals surface area contributed by atoms with E-state index in [1.54, 1.807) is 0 Å². The lowest BCUT2D eigenvalue weighted by molar-refractivity contribution is -0.139. The molecule has 0 aromatic carbocycles. The van der Waals surface area contributed by atoms with E-state index in [-0.39, 0.29) is 11.9 Å². The van der Waals surface area contributed by atoms with Crippen LogP contribution in [-0.4, -0.2) is 27.2 Å². The van der Waals surface area contributed by atoms with E-state index in [9.17, 15) is 9.90 Å². The fourth-order valence-corrected chi connectivity index (χ4v) is 2.74. The highest BCUT2D eigenvalue weighted by molar-refractivity contribution is 5.85. The highest BCUT2D eigenvalue weighted by Gasteiger charge is 2.39. The van der Waals surface area contributed by atoms with E-state index >= 15 is 0 Å². The largest absolute Gasteiger partial charge is 0.380 e. The molecule has 4 heteroatoms. The van der Waals surface area contributed by atoms with Gasteiger partial charge in [0, 0.05) is 25.0 Å². The summed E-state index contributed by atoms with van der Waals surface area (Å²) in [4.78, 5) is 12.0. The number of aromatic nitrogens is 1. The SMILES string of the molecule is CC(CCc1cccn1C)NC(=O)C1(O)CCCC1. The van der Waals surface area contributed by atoms with Crippen LogP contribution in [0.25, 0.3) is 0 Å². The van der Waals surface area contributed by atoms with Gasteiger partial charge in [-0.15, -0.1) is 0 Å². The second-order valence-electron chi connectivity index (χ2n) is 5.76. The molecule has 4 nitrogen and oxygen atoms in total. The van der Waals surface area contributed by atoms with Crippen LogP contribution in [0.15, 0.2) is 18.3 Å². The molecule has 1 unspecified atom stereocenters. The third-order valence-electron chi connectivity index (χ3n) is 4.12. The quantitative estimate of drug-likeness (QED) is 0.851. The van der Waals surface area contributed by atoms with E-state index in [4.69, 9.17) is 0 Å². The smallest absolute Gasteiger partial charge is 0.252 e. The Labute approximate surface area is 114 Å². The Kier molecular flexibility index (Phi) is 4.30. The first-order chi connectivity index (χ1) is 9.01. The molecule has 1 heterocycles. The number of hydrogen-bond donors (Lipinski definition) is 2. The summed E-state index contributed by atoms with van der Waals surface area (Å²) >= 11 is 0. The minimum Gasteiger partial charge on any atom is -0.380 e. The Morgan fingerprint density at radius 3 is 2.79 bits per heavy atom. The number of aryl methyl sites for hydroxylation is 2. The molecular formula is C15H24N2O2. The van der Waals surface area contributed by atoms with Crippen LogP contribution in [0.2, 0.25) is 0 Å². The molecule has 1 aliphatic carbocycles. The van der Waals surface area contributed by atoms with Gasteiger partial charge in [0.05, 0.1) is 0 Å². The maximum absolute atomic E-state index is 12.0. The number of nitrogens with zero attached hydrogens (tertiary/aromatic N) is 1. The molecule has 2 rings (SSSR count). The van der Waals surface area contributed by atoms with Crippen molar-refractivity contribution in [3.8, 4) is 0 Å². The van der Waals surface area contributed by atoms with Crippen LogP contribution < -0.4 is 5.32 Å². The third kappa shape index (κ3) is 3.38. The Morgan fingerprint density at radius 2 is 2.21 bits per heavy atom. The fourth-order valence-electron chi connectivity index (χ4n) is 2.74. The average Bonchev–Trinajstić information content (AvgIpc) is 2.97. The molecule has 0 bridgehead atoms. The van der Waals surface area contributed by atoms with Crippen molar-refractivity contribution >= 4 is 5.91 Å². The predicted molar refractivity (Wildman–Crippen MR) is 74.8 cm³/mol. The molecule has 0 spiro atoms. The predicted octanol–water partition coefficient (Wildman–Crippen LogP) is 1.77. The molecule has 0 saturated heterocycles. The molecule has 1 aliphatic rings. The van der Waals surface area contributed by atoms with E-state index in [0.29, 0.717) is 12.8 Å². The van der Waals surface area contributed by atoms with E-state index in [1.807, 2.05) is 26.2 Å². The molecule has 1 aromatic rings. The second-order valence-corrected chi connectivity index (χ2v) is 5.76. The Hall–Kier alpha value is -1.29. The number of nitrogens with one attached hydrogen (secondary N) is 1. The summed E-state index contributed by atoms with van der Waals surface area (Å²) in [7, 11) is 2.03. The highest BCUT2D eigenvalue weighted by atomic mass is 16.3. The minimum atomic E-state index is -1.11. The van der Waals surface area contributed by atoms with Crippen molar-refractivity contribution in [2.45, 2.75) is 57.1 Å². The van der Waals surface area contributed by atoms with E-state index in [2.05, 4.69) is 16.0 Å². The minimum absolute atomic E-state index is 0.0898. The Bertz CT molecular complexity index is 433. The number of carbonyl (C=O) groups excluding carboxylic acids is 1. The first-order valence-electron chi connectivity index (χ1n) is 7.15.